The van der Waals surface area contributed by atoms with E-state index < -0.39 is 0 Å². The molecule has 0 aliphatic carbocycles. The molecule has 0 aliphatic heterocycles. The Morgan fingerprint density at radius 3 is 2.52 bits per heavy atom. The van der Waals surface area contributed by atoms with Gasteiger partial charge in [-0.2, -0.15) is 14.9 Å². The van der Waals surface area contributed by atoms with Gasteiger partial charge in [0.25, 0.3) is 0 Å². The first-order valence-electron chi connectivity index (χ1n) is 8.88. The number of ether oxygens (including phenoxy) is 1. The summed E-state index contributed by atoms with van der Waals surface area (Å²) in [6.07, 6.45) is 1.77. The van der Waals surface area contributed by atoms with Crippen LogP contribution in [0.2, 0.25) is 0 Å². The number of methoxy groups -OCH3 is 1. The van der Waals surface area contributed by atoms with Crippen LogP contribution in [0.4, 0.5) is 5.69 Å². The van der Waals surface area contributed by atoms with E-state index in [0.29, 0.717) is 16.3 Å². The molecular weight excluding hydrogens is 358 g/mol. The minimum atomic E-state index is 0.423. The number of hydrogen-bond donors (Lipinski definition) is 1. The number of H-pyrrole nitrogens is 1. The van der Waals surface area contributed by atoms with Crippen LogP contribution in [-0.2, 0) is 0 Å². The molecule has 0 spiro atoms. The van der Waals surface area contributed by atoms with Crippen molar-refractivity contribution in [2.75, 3.05) is 25.1 Å². The molecule has 0 saturated heterocycles. The molecule has 1 heterocycles. The van der Waals surface area contributed by atoms with Crippen molar-refractivity contribution >= 4 is 24.1 Å². The molecule has 0 radical (unpaired) electrons. The van der Waals surface area contributed by atoms with E-state index in [1.165, 1.54) is 5.69 Å². The third-order valence-electron chi connectivity index (χ3n) is 4.34. The Morgan fingerprint density at radius 1 is 1.15 bits per heavy atom. The zero-order valence-electron chi connectivity index (χ0n) is 15.7. The monoisotopic (exact) mass is 381 g/mol. The normalized spacial score (nSPS) is 11.1. The number of nitrogens with one attached hydrogen (secondary N) is 1. The van der Waals surface area contributed by atoms with Crippen molar-refractivity contribution in [2.45, 2.75) is 13.8 Å². The van der Waals surface area contributed by atoms with Gasteiger partial charge >= 0.3 is 0 Å². The lowest BCUT2D eigenvalue weighted by molar-refractivity contribution is 0.416. The molecular formula is C20H23N5OS. The molecule has 0 atom stereocenters. The third kappa shape index (κ3) is 4.09. The van der Waals surface area contributed by atoms with E-state index in [-0.39, 0.29) is 0 Å². The summed E-state index contributed by atoms with van der Waals surface area (Å²) in [4.78, 5) is 2.30. The van der Waals surface area contributed by atoms with Crippen molar-refractivity contribution in [1.29, 1.82) is 0 Å². The molecule has 6 nitrogen and oxygen atoms in total. The number of aromatic nitrogens is 3. The lowest BCUT2D eigenvalue weighted by Gasteiger charge is -2.20. The van der Waals surface area contributed by atoms with Crippen LogP contribution in [0, 0.1) is 4.77 Å². The Morgan fingerprint density at radius 2 is 1.85 bits per heavy atom. The Balaban J connectivity index is 1.90. The van der Waals surface area contributed by atoms with Gasteiger partial charge in [0.15, 0.2) is 5.82 Å². The number of rotatable bonds is 7. The fraction of sp³-hybridized carbons (Fsp3) is 0.250. The maximum absolute atomic E-state index is 5.43. The summed E-state index contributed by atoms with van der Waals surface area (Å²) >= 11 is 5.34. The van der Waals surface area contributed by atoms with Gasteiger partial charge in [0, 0.05) is 18.8 Å². The molecule has 3 aromatic rings. The van der Waals surface area contributed by atoms with E-state index in [1.54, 1.807) is 18.0 Å². The van der Waals surface area contributed by atoms with E-state index in [1.807, 2.05) is 36.4 Å². The minimum Gasteiger partial charge on any atom is -0.496 e. The fourth-order valence-corrected chi connectivity index (χ4v) is 3.07. The fourth-order valence-electron chi connectivity index (χ4n) is 2.89. The molecule has 0 saturated carbocycles. The highest BCUT2D eigenvalue weighted by molar-refractivity contribution is 7.71. The summed E-state index contributed by atoms with van der Waals surface area (Å²) in [5.74, 6) is 1.32. The van der Waals surface area contributed by atoms with Crippen molar-refractivity contribution in [3.63, 3.8) is 0 Å². The number of hydrogen-bond acceptors (Lipinski definition) is 5. The summed E-state index contributed by atoms with van der Waals surface area (Å²) in [6.45, 7) is 6.27. The van der Waals surface area contributed by atoms with Gasteiger partial charge in [0.05, 0.1) is 18.9 Å². The van der Waals surface area contributed by atoms with Crippen LogP contribution in [0.15, 0.2) is 53.6 Å². The maximum atomic E-state index is 5.43. The Kier molecular flexibility index (Phi) is 6.03. The average Bonchev–Trinajstić information content (AvgIpc) is 3.08. The van der Waals surface area contributed by atoms with Crippen molar-refractivity contribution in [1.82, 2.24) is 14.9 Å². The van der Waals surface area contributed by atoms with Crippen LogP contribution < -0.4 is 9.64 Å². The highest BCUT2D eigenvalue weighted by atomic mass is 32.1. The quantitative estimate of drug-likeness (QED) is 0.488. The van der Waals surface area contributed by atoms with Crippen LogP contribution in [0.5, 0.6) is 5.75 Å². The molecule has 0 fully saturated rings. The predicted molar refractivity (Wildman–Crippen MR) is 112 cm³/mol. The van der Waals surface area contributed by atoms with Crippen LogP contribution in [0.25, 0.3) is 11.4 Å². The lowest BCUT2D eigenvalue weighted by Crippen LogP contribution is -2.21. The Hall–Kier alpha value is -2.93. The Labute approximate surface area is 164 Å². The van der Waals surface area contributed by atoms with Gasteiger partial charge in [0.2, 0.25) is 4.77 Å². The van der Waals surface area contributed by atoms with Crippen molar-refractivity contribution in [2.24, 2.45) is 5.10 Å². The second-order valence-electron chi connectivity index (χ2n) is 5.87. The number of anilines is 1. The Bertz CT molecular complexity index is 971. The zero-order valence-corrected chi connectivity index (χ0v) is 16.5. The maximum Gasteiger partial charge on any atom is 0.216 e. The van der Waals surface area contributed by atoms with Gasteiger partial charge in [-0.3, -0.25) is 0 Å². The van der Waals surface area contributed by atoms with Crippen LogP contribution in [0.1, 0.15) is 19.4 Å². The number of para-hydroxylation sites is 1. The minimum absolute atomic E-state index is 0.423. The van der Waals surface area contributed by atoms with E-state index in [0.717, 1.165) is 24.2 Å². The first kappa shape index (κ1) is 18.8. The van der Waals surface area contributed by atoms with Crippen molar-refractivity contribution < 1.29 is 4.74 Å². The molecule has 1 N–H and O–H groups in total. The van der Waals surface area contributed by atoms with Gasteiger partial charge in [-0.15, -0.1) is 0 Å². The predicted octanol–water partition coefficient (Wildman–Crippen LogP) is 4.34. The van der Waals surface area contributed by atoms with Crippen LogP contribution in [0.3, 0.4) is 0 Å². The van der Waals surface area contributed by atoms with Gasteiger partial charge in [-0.05, 0) is 55.9 Å². The van der Waals surface area contributed by atoms with Gasteiger partial charge in [-0.25, -0.2) is 5.10 Å². The smallest absolute Gasteiger partial charge is 0.216 e. The highest BCUT2D eigenvalue weighted by Crippen LogP contribution is 2.28. The number of nitrogens with zero attached hydrogens (tertiary/aromatic N) is 4. The molecule has 3 rings (SSSR count). The van der Waals surface area contributed by atoms with Crippen molar-refractivity contribution in [3.8, 4) is 17.1 Å². The molecule has 0 unspecified atom stereocenters. The second kappa shape index (κ2) is 8.64. The molecule has 0 bridgehead atoms. The standard InChI is InChI=1S/C20H23N5OS/c1-4-24(5-2)16-12-10-15(11-13-16)14-21-25-19(22-23-20(25)27)17-8-6-7-9-18(17)26-3/h6-14H,4-5H2,1-3H3,(H,23,27)/b21-14-. The molecule has 27 heavy (non-hydrogen) atoms. The summed E-state index contributed by atoms with van der Waals surface area (Å²) in [7, 11) is 1.63. The highest BCUT2D eigenvalue weighted by Gasteiger charge is 2.12. The average molecular weight is 382 g/mol. The van der Waals surface area contributed by atoms with Gasteiger partial charge in [-0.1, -0.05) is 24.3 Å². The van der Waals surface area contributed by atoms with E-state index in [9.17, 15) is 0 Å². The van der Waals surface area contributed by atoms with Crippen LogP contribution in [-0.4, -0.2) is 41.3 Å². The van der Waals surface area contributed by atoms with Gasteiger partial charge in [0.1, 0.15) is 5.75 Å². The van der Waals surface area contributed by atoms with E-state index >= 15 is 0 Å². The number of benzene rings is 2. The first-order valence-corrected chi connectivity index (χ1v) is 9.29. The lowest BCUT2D eigenvalue weighted by atomic mass is 10.2. The second-order valence-corrected chi connectivity index (χ2v) is 6.26. The first-order chi connectivity index (χ1) is 13.2. The van der Waals surface area contributed by atoms with Gasteiger partial charge < -0.3 is 9.64 Å². The summed E-state index contributed by atoms with van der Waals surface area (Å²) in [5, 5.41) is 11.6. The SMILES string of the molecule is CCN(CC)c1ccc(/C=N\n2c(-c3ccccc3OC)n[nH]c2=S)cc1. The summed E-state index contributed by atoms with van der Waals surface area (Å²) < 4.78 is 7.45. The third-order valence-corrected chi connectivity index (χ3v) is 4.61. The molecule has 0 amide bonds. The number of aromatic amines is 1. The molecule has 140 valence electrons. The molecule has 0 aliphatic rings. The summed E-state index contributed by atoms with van der Waals surface area (Å²) in [5.41, 5.74) is 3.01. The van der Waals surface area contributed by atoms with Crippen LogP contribution >= 0.6 is 12.2 Å². The zero-order chi connectivity index (χ0) is 19.2. The van der Waals surface area contributed by atoms with E-state index in [4.69, 9.17) is 17.0 Å². The molecule has 2 aromatic carbocycles. The summed E-state index contributed by atoms with van der Waals surface area (Å²) in [6, 6.07) is 15.9. The topological polar surface area (TPSA) is 58.4 Å². The largest absolute Gasteiger partial charge is 0.496 e. The molecule has 1 aromatic heterocycles. The molecule has 7 heteroatoms. The van der Waals surface area contributed by atoms with Crippen molar-refractivity contribution in [3.05, 3.63) is 58.9 Å². The van der Waals surface area contributed by atoms with E-state index in [2.05, 4.69) is 46.2 Å².